The number of hydrogen-bond donors (Lipinski definition) is 0. The highest BCUT2D eigenvalue weighted by molar-refractivity contribution is 5.91. The van der Waals surface area contributed by atoms with Gasteiger partial charge in [-0.2, -0.15) is 0 Å². The molecule has 2 aliphatic rings. The molecule has 0 amide bonds. The standard InChI is InChI=1S/C29H29NO2/c1-2-3-15-32-29(31)27-18-24(21-10-11-21)19-30-28(27)17-20-9-13-26-23(16-20)12-14-25(26)22-7-5-4-6-8-22/h4-9,13-14,16,18-19,21H,2-3,10-12,15,17H2,1H3. The summed E-state index contributed by atoms with van der Waals surface area (Å²) in [7, 11) is 0. The fourth-order valence-electron chi connectivity index (χ4n) is 4.45. The van der Waals surface area contributed by atoms with Gasteiger partial charge in [-0.25, -0.2) is 4.79 Å². The summed E-state index contributed by atoms with van der Waals surface area (Å²) >= 11 is 0. The SMILES string of the molecule is CCCCOC(=O)c1cc(C2CC2)cnc1Cc1ccc2c(c1)CC=C2c1ccccc1. The Balaban J connectivity index is 1.39. The van der Waals surface area contributed by atoms with Gasteiger partial charge < -0.3 is 4.74 Å². The van der Waals surface area contributed by atoms with Crippen LogP contribution in [0.3, 0.4) is 0 Å². The third-order valence-electron chi connectivity index (χ3n) is 6.43. The first-order valence-corrected chi connectivity index (χ1v) is 11.8. The number of allylic oxidation sites excluding steroid dienone is 1. The van der Waals surface area contributed by atoms with E-state index in [2.05, 4.69) is 61.5 Å². The van der Waals surface area contributed by atoms with Crippen molar-refractivity contribution in [1.82, 2.24) is 4.98 Å². The average molecular weight is 424 g/mol. The molecule has 1 heterocycles. The molecule has 0 unspecified atom stereocenters. The molecule has 32 heavy (non-hydrogen) atoms. The Morgan fingerprint density at radius 1 is 1.09 bits per heavy atom. The van der Waals surface area contributed by atoms with E-state index in [1.165, 1.54) is 46.2 Å². The number of carbonyl (C=O) groups excluding carboxylic acids is 1. The number of pyridine rings is 1. The van der Waals surface area contributed by atoms with Crippen molar-refractivity contribution >= 4 is 11.5 Å². The predicted octanol–water partition coefficient (Wildman–Crippen LogP) is 6.49. The van der Waals surface area contributed by atoms with E-state index in [-0.39, 0.29) is 5.97 Å². The van der Waals surface area contributed by atoms with Crippen LogP contribution >= 0.6 is 0 Å². The maximum Gasteiger partial charge on any atom is 0.340 e. The molecule has 0 radical (unpaired) electrons. The maximum atomic E-state index is 12.8. The Morgan fingerprint density at radius 3 is 2.72 bits per heavy atom. The minimum atomic E-state index is -0.238. The molecule has 5 rings (SSSR count). The lowest BCUT2D eigenvalue weighted by Gasteiger charge is -2.12. The molecule has 0 N–H and O–H groups in total. The van der Waals surface area contributed by atoms with Crippen LogP contribution in [0.15, 0.2) is 66.9 Å². The van der Waals surface area contributed by atoms with Crippen molar-refractivity contribution < 1.29 is 9.53 Å². The Kier molecular flexibility index (Phi) is 5.89. The molecule has 0 atom stereocenters. The van der Waals surface area contributed by atoms with Gasteiger partial charge in [0.1, 0.15) is 0 Å². The quantitative estimate of drug-likeness (QED) is 0.307. The summed E-state index contributed by atoms with van der Waals surface area (Å²) in [5, 5.41) is 0. The summed E-state index contributed by atoms with van der Waals surface area (Å²) in [5.74, 6) is 0.318. The summed E-state index contributed by atoms with van der Waals surface area (Å²) in [6.45, 7) is 2.57. The van der Waals surface area contributed by atoms with Crippen molar-refractivity contribution in [2.75, 3.05) is 6.61 Å². The highest BCUT2D eigenvalue weighted by Gasteiger charge is 2.26. The molecule has 3 aromatic rings. The molecule has 0 aliphatic heterocycles. The molecule has 2 aliphatic carbocycles. The molecular formula is C29H29NO2. The zero-order valence-electron chi connectivity index (χ0n) is 18.6. The Bertz CT molecular complexity index is 1160. The van der Waals surface area contributed by atoms with Crippen LogP contribution in [0.2, 0.25) is 0 Å². The number of esters is 1. The number of carbonyl (C=O) groups is 1. The second kappa shape index (κ2) is 9.12. The van der Waals surface area contributed by atoms with Gasteiger partial charge in [0.2, 0.25) is 0 Å². The van der Waals surface area contributed by atoms with Crippen LogP contribution in [0.25, 0.3) is 5.57 Å². The monoisotopic (exact) mass is 423 g/mol. The van der Waals surface area contributed by atoms with Crippen LogP contribution in [0.5, 0.6) is 0 Å². The number of nitrogens with zero attached hydrogens (tertiary/aromatic N) is 1. The molecule has 0 spiro atoms. The number of aromatic nitrogens is 1. The zero-order chi connectivity index (χ0) is 21.9. The summed E-state index contributed by atoms with van der Waals surface area (Å²) < 4.78 is 5.55. The Labute approximate surface area is 190 Å². The summed E-state index contributed by atoms with van der Waals surface area (Å²) in [6.07, 6.45) is 10.1. The van der Waals surface area contributed by atoms with E-state index in [1.807, 2.05) is 12.3 Å². The van der Waals surface area contributed by atoms with Crippen molar-refractivity contribution in [3.05, 3.63) is 106 Å². The van der Waals surface area contributed by atoms with Gasteiger partial charge in [0.25, 0.3) is 0 Å². The van der Waals surface area contributed by atoms with Crippen molar-refractivity contribution in [3.63, 3.8) is 0 Å². The average Bonchev–Trinajstić information content (AvgIpc) is 3.59. The van der Waals surface area contributed by atoms with Gasteiger partial charge in [-0.3, -0.25) is 4.98 Å². The van der Waals surface area contributed by atoms with Gasteiger partial charge in [-0.05, 0) is 71.1 Å². The number of fused-ring (bicyclic) bond motifs is 1. The van der Waals surface area contributed by atoms with Gasteiger partial charge in [0.15, 0.2) is 0 Å². The van der Waals surface area contributed by atoms with E-state index in [1.54, 1.807) is 0 Å². The molecule has 1 saturated carbocycles. The van der Waals surface area contributed by atoms with E-state index in [0.29, 0.717) is 24.5 Å². The third kappa shape index (κ3) is 4.38. The normalized spacial score (nSPS) is 14.7. The predicted molar refractivity (Wildman–Crippen MR) is 128 cm³/mol. The zero-order valence-corrected chi connectivity index (χ0v) is 18.6. The molecular weight excluding hydrogens is 394 g/mol. The van der Waals surface area contributed by atoms with Crippen LogP contribution in [-0.4, -0.2) is 17.6 Å². The van der Waals surface area contributed by atoms with E-state index in [9.17, 15) is 4.79 Å². The van der Waals surface area contributed by atoms with Crippen molar-refractivity contribution in [2.45, 2.75) is 51.4 Å². The Morgan fingerprint density at radius 2 is 1.94 bits per heavy atom. The lowest BCUT2D eigenvalue weighted by Crippen LogP contribution is -2.12. The lowest BCUT2D eigenvalue weighted by atomic mass is 9.95. The first-order valence-electron chi connectivity index (χ1n) is 11.8. The van der Waals surface area contributed by atoms with E-state index >= 15 is 0 Å². The van der Waals surface area contributed by atoms with Gasteiger partial charge in [0.05, 0.1) is 17.9 Å². The maximum absolute atomic E-state index is 12.8. The molecule has 162 valence electrons. The van der Waals surface area contributed by atoms with Crippen molar-refractivity contribution in [1.29, 1.82) is 0 Å². The molecule has 0 bridgehead atoms. The molecule has 3 nitrogen and oxygen atoms in total. The van der Waals surface area contributed by atoms with E-state index in [4.69, 9.17) is 9.72 Å². The molecule has 1 fully saturated rings. The second-order valence-electron chi connectivity index (χ2n) is 8.88. The number of unbranched alkanes of at least 4 members (excludes halogenated alkanes) is 1. The van der Waals surface area contributed by atoms with Gasteiger partial charge in [0, 0.05) is 12.6 Å². The summed E-state index contributed by atoms with van der Waals surface area (Å²) in [5.41, 5.74) is 8.99. The number of hydrogen-bond acceptors (Lipinski definition) is 3. The topological polar surface area (TPSA) is 39.2 Å². The van der Waals surface area contributed by atoms with Crippen molar-refractivity contribution in [2.24, 2.45) is 0 Å². The smallest absolute Gasteiger partial charge is 0.340 e. The largest absolute Gasteiger partial charge is 0.462 e. The van der Waals surface area contributed by atoms with Gasteiger partial charge in [-0.15, -0.1) is 0 Å². The summed E-state index contributed by atoms with van der Waals surface area (Å²) in [4.78, 5) is 17.6. The van der Waals surface area contributed by atoms with Gasteiger partial charge >= 0.3 is 5.97 Å². The highest BCUT2D eigenvalue weighted by atomic mass is 16.5. The van der Waals surface area contributed by atoms with Crippen molar-refractivity contribution in [3.8, 4) is 0 Å². The molecule has 3 heteroatoms. The minimum Gasteiger partial charge on any atom is -0.462 e. The lowest BCUT2D eigenvalue weighted by molar-refractivity contribution is 0.0498. The third-order valence-corrected chi connectivity index (χ3v) is 6.43. The summed E-state index contributed by atoms with van der Waals surface area (Å²) in [6, 6.07) is 19.2. The fourth-order valence-corrected chi connectivity index (χ4v) is 4.45. The first-order chi connectivity index (χ1) is 15.7. The number of benzene rings is 2. The van der Waals surface area contributed by atoms with Crippen LogP contribution < -0.4 is 0 Å². The second-order valence-corrected chi connectivity index (χ2v) is 8.88. The van der Waals surface area contributed by atoms with Gasteiger partial charge in [-0.1, -0.05) is 68.0 Å². The van der Waals surface area contributed by atoms with Crippen LogP contribution in [-0.2, 0) is 17.6 Å². The number of rotatable bonds is 8. The number of ether oxygens (including phenoxy) is 1. The Hall–Kier alpha value is -3.20. The van der Waals surface area contributed by atoms with Crippen LogP contribution in [0.1, 0.15) is 82.4 Å². The van der Waals surface area contributed by atoms with E-state index in [0.717, 1.165) is 25.0 Å². The highest BCUT2D eigenvalue weighted by Crippen LogP contribution is 2.40. The fraction of sp³-hybridized carbons (Fsp3) is 0.310. The van der Waals surface area contributed by atoms with E-state index < -0.39 is 0 Å². The molecule has 0 saturated heterocycles. The molecule has 2 aromatic carbocycles. The minimum absolute atomic E-state index is 0.238. The van der Waals surface area contributed by atoms with Crippen LogP contribution in [0.4, 0.5) is 0 Å². The van der Waals surface area contributed by atoms with Crippen LogP contribution in [0, 0.1) is 0 Å². The molecule has 1 aromatic heterocycles. The first kappa shape index (κ1) is 20.7.